The molecule has 0 aromatic carbocycles. The molecule has 0 radical (unpaired) electrons. The molecule has 16 heavy (non-hydrogen) atoms. The molecule has 3 nitrogen and oxygen atoms in total. The van der Waals surface area contributed by atoms with Gasteiger partial charge in [0, 0.05) is 18.5 Å². The predicted molar refractivity (Wildman–Crippen MR) is 67.0 cm³/mol. The molecule has 0 saturated heterocycles. The molecule has 3 atom stereocenters. The lowest BCUT2D eigenvalue weighted by molar-refractivity contribution is -0.127. The van der Waals surface area contributed by atoms with E-state index in [9.17, 15) is 4.79 Å². The van der Waals surface area contributed by atoms with Crippen LogP contribution in [0.5, 0.6) is 0 Å². The number of amides is 1. The molecule has 0 aromatic rings. The summed E-state index contributed by atoms with van der Waals surface area (Å²) in [5.41, 5.74) is 5.92. The largest absolute Gasteiger partial charge is 0.356 e. The summed E-state index contributed by atoms with van der Waals surface area (Å²) < 4.78 is 0. The molecule has 0 heterocycles. The van der Waals surface area contributed by atoms with Crippen molar-refractivity contribution >= 4 is 5.91 Å². The molecular formula is C13H26N2O. The summed E-state index contributed by atoms with van der Waals surface area (Å²) in [5.74, 6) is 0.857. The molecule has 1 rings (SSSR count). The number of carbonyl (C=O) groups is 1. The Kier molecular flexibility index (Phi) is 5.81. The van der Waals surface area contributed by atoms with Gasteiger partial charge in [-0.2, -0.15) is 0 Å². The lowest BCUT2D eigenvalue weighted by Crippen LogP contribution is -2.41. The standard InChI is InChI=1S/C13H26N2O/c1-3-4-5-8-15-13(16)12-9-11(14)7-6-10(12)2/h10-12H,3-9,14H2,1-2H3,(H,15,16). The van der Waals surface area contributed by atoms with Crippen LogP contribution < -0.4 is 11.1 Å². The Hall–Kier alpha value is -0.570. The molecule has 3 unspecified atom stereocenters. The van der Waals surface area contributed by atoms with Crippen LogP contribution in [0.1, 0.15) is 52.4 Å². The van der Waals surface area contributed by atoms with Crippen LogP contribution in [0, 0.1) is 11.8 Å². The van der Waals surface area contributed by atoms with Gasteiger partial charge in [-0.15, -0.1) is 0 Å². The summed E-state index contributed by atoms with van der Waals surface area (Å²) in [6, 6.07) is 0.225. The smallest absolute Gasteiger partial charge is 0.223 e. The third kappa shape index (κ3) is 4.12. The number of hydrogen-bond acceptors (Lipinski definition) is 2. The van der Waals surface area contributed by atoms with Crippen molar-refractivity contribution in [2.45, 2.75) is 58.4 Å². The average molecular weight is 226 g/mol. The van der Waals surface area contributed by atoms with Gasteiger partial charge in [-0.1, -0.05) is 26.7 Å². The van der Waals surface area contributed by atoms with Crippen molar-refractivity contribution in [2.24, 2.45) is 17.6 Å². The molecule has 1 saturated carbocycles. The van der Waals surface area contributed by atoms with Gasteiger partial charge in [0.15, 0.2) is 0 Å². The molecule has 94 valence electrons. The molecular weight excluding hydrogens is 200 g/mol. The highest BCUT2D eigenvalue weighted by atomic mass is 16.1. The first kappa shape index (κ1) is 13.5. The minimum Gasteiger partial charge on any atom is -0.356 e. The Morgan fingerprint density at radius 3 is 2.81 bits per heavy atom. The second-order valence-corrected chi connectivity index (χ2v) is 5.16. The number of nitrogens with two attached hydrogens (primary N) is 1. The van der Waals surface area contributed by atoms with Gasteiger partial charge in [-0.3, -0.25) is 4.79 Å². The minimum absolute atomic E-state index is 0.144. The molecule has 1 fully saturated rings. The van der Waals surface area contributed by atoms with Gasteiger partial charge < -0.3 is 11.1 Å². The molecule has 1 aliphatic rings. The number of carbonyl (C=O) groups excluding carboxylic acids is 1. The van der Waals surface area contributed by atoms with Crippen LogP contribution in [0.2, 0.25) is 0 Å². The molecule has 0 bridgehead atoms. The van der Waals surface area contributed by atoms with Gasteiger partial charge in [-0.05, 0) is 31.6 Å². The van der Waals surface area contributed by atoms with Crippen LogP contribution >= 0.6 is 0 Å². The van der Waals surface area contributed by atoms with E-state index in [0.29, 0.717) is 5.92 Å². The van der Waals surface area contributed by atoms with Gasteiger partial charge >= 0.3 is 0 Å². The van der Waals surface area contributed by atoms with Crippen LogP contribution in [0.25, 0.3) is 0 Å². The Morgan fingerprint density at radius 2 is 2.12 bits per heavy atom. The summed E-state index contributed by atoms with van der Waals surface area (Å²) >= 11 is 0. The molecule has 3 heteroatoms. The molecule has 0 aromatic heterocycles. The van der Waals surface area contributed by atoms with Gasteiger partial charge in [0.25, 0.3) is 0 Å². The summed E-state index contributed by atoms with van der Waals surface area (Å²) in [6.07, 6.45) is 6.51. The van der Waals surface area contributed by atoms with E-state index in [4.69, 9.17) is 5.73 Å². The van der Waals surface area contributed by atoms with Crippen LogP contribution in [-0.4, -0.2) is 18.5 Å². The van der Waals surface area contributed by atoms with Crippen LogP contribution in [0.15, 0.2) is 0 Å². The van der Waals surface area contributed by atoms with Crippen molar-refractivity contribution in [1.29, 1.82) is 0 Å². The highest BCUT2D eigenvalue weighted by Gasteiger charge is 2.30. The number of hydrogen-bond donors (Lipinski definition) is 2. The molecule has 1 amide bonds. The maximum Gasteiger partial charge on any atom is 0.223 e. The summed E-state index contributed by atoms with van der Waals surface area (Å²) in [7, 11) is 0. The van der Waals surface area contributed by atoms with E-state index in [1.807, 2.05) is 0 Å². The quantitative estimate of drug-likeness (QED) is 0.705. The number of nitrogens with one attached hydrogen (secondary N) is 1. The third-order valence-corrected chi connectivity index (χ3v) is 3.65. The first-order chi connectivity index (χ1) is 7.65. The Balaban J connectivity index is 2.28. The van der Waals surface area contributed by atoms with E-state index < -0.39 is 0 Å². The maximum absolute atomic E-state index is 12.0. The normalized spacial score (nSPS) is 30.1. The maximum atomic E-state index is 12.0. The Bertz CT molecular complexity index is 218. The zero-order valence-corrected chi connectivity index (χ0v) is 10.7. The zero-order chi connectivity index (χ0) is 12.0. The first-order valence-electron chi connectivity index (χ1n) is 6.68. The monoisotopic (exact) mass is 226 g/mol. The van der Waals surface area contributed by atoms with Gasteiger partial charge in [0.05, 0.1) is 0 Å². The zero-order valence-electron chi connectivity index (χ0n) is 10.7. The van der Waals surface area contributed by atoms with E-state index in [2.05, 4.69) is 19.2 Å². The molecule has 1 aliphatic carbocycles. The fourth-order valence-electron chi connectivity index (χ4n) is 2.44. The summed E-state index contributed by atoms with van der Waals surface area (Å²) in [6.45, 7) is 5.16. The second kappa shape index (κ2) is 6.89. The van der Waals surface area contributed by atoms with Crippen LogP contribution in [-0.2, 0) is 4.79 Å². The van der Waals surface area contributed by atoms with Gasteiger partial charge in [-0.25, -0.2) is 0 Å². The van der Waals surface area contributed by atoms with Crippen LogP contribution in [0.3, 0.4) is 0 Å². The lowest BCUT2D eigenvalue weighted by Gasteiger charge is -2.31. The van der Waals surface area contributed by atoms with Crippen molar-refractivity contribution in [1.82, 2.24) is 5.32 Å². The summed E-state index contributed by atoms with van der Waals surface area (Å²) in [4.78, 5) is 12.0. The second-order valence-electron chi connectivity index (χ2n) is 5.16. The van der Waals surface area contributed by atoms with E-state index in [1.165, 1.54) is 12.8 Å². The predicted octanol–water partition coefficient (Wildman–Crippen LogP) is 2.06. The fraction of sp³-hybridized carbons (Fsp3) is 0.923. The molecule has 0 spiro atoms. The SMILES string of the molecule is CCCCCNC(=O)C1CC(N)CCC1C. The van der Waals surface area contributed by atoms with E-state index >= 15 is 0 Å². The van der Waals surface area contributed by atoms with E-state index in [0.717, 1.165) is 32.2 Å². The average Bonchev–Trinajstić information content (AvgIpc) is 2.27. The fourth-order valence-corrected chi connectivity index (χ4v) is 2.44. The highest BCUT2D eigenvalue weighted by molar-refractivity contribution is 5.79. The van der Waals surface area contributed by atoms with Gasteiger partial charge in [0.1, 0.15) is 0 Å². The van der Waals surface area contributed by atoms with Crippen molar-refractivity contribution < 1.29 is 4.79 Å². The van der Waals surface area contributed by atoms with Gasteiger partial charge in [0.2, 0.25) is 5.91 Å². The number of rotatable bonds is 5. The summed E-state index contributed by atoms with van der Waals surface area (Å²) in [5, 5.41) is 3.04. The van der Waals surface area contributed by atoms with Crippen molar-refractivity contribution in [3.63, 3.8) is 0 Å². The first-order valence-corrected chi connectivity index (χ1v) is 6.68. The highest BCUT2D eigenvalue weighted by Crippen LogP contribution is 2.29. The molecule has 0 aliphatic heterocycles. The van der Waals surface area contributed by atoms with E-state index in [1.54, 1.807) is 0 Å². The number of unbranched alkanes of at least 4 members (excludes halogenated alkanes) is 2. The molecule has 3 N–H and O–H groups in total. The Morgan fingerprint density at radius 1 is 1.38 bits per heavy atom. The topological polar surface area (TPSA) is 55.1 Å². The van der Waals surface area contributed by atoms with Crippen LogP contribution in [0.4, 0.5) is 0 Å². The van der Waals surface area contributed by atoms with E-state index in [-0.39, 0.29) is 17.9 Å². The lowest BCUT2D eigenvalue weighted by atomic mass is 9.78. The minimum atomic E-state index is 0.144. The third-order valence-electron chi connectivity index (χ3n) is 3.65. The van der Waals surface area contributed by atoms with Crippen molar-refractivity contribution in [2.75, 3.05) is 6.54 Å². The van der Waals surface area contributed by atoms with Crippen molar-refractivity contribution in [3.05, 3.63) is 0 Å². The van der Waals surface area contributed by atoms with Crippen molar-refractivity contribution in [3.8, 4) is 0 Å². The Labute approximate surface area is 99.2 Å².